The molecule has 0 N–H and O–H groups in total. The van der Waals surface area contributed by atoms with Crippen molar-refractivity contribution in [3.8, 4) is 0 Å². The fourth-order valence-electron chi connectivity index (χ4n) is 3.62. The Morgan fingerprint density at radius 1 is 1.19 bits per heavy atom. The van der Waals surface area contributed by atoms with Crippen molar-refractivity contribution in [3.05, 3.63) is 46.1 Å². The van der Waals surface area contributed by atoms with E-state index in [0.29, 0.717) is 5.41 Å². The van der Waals surface area contributed by atoms with Crippen LogP contribution in [0.2, 0.25) is 0 Å². The minimum atomic E-state index is 0.147. The molecule has 0 fully saturated rings. The number of rotatable bonds is 2. The number of hydrogen-bond acceptors (Lipinski definition) is 1. The molecule has 1 heteroatoms. The Kier molecular flexibility index (Phi) is 4.70. The maximum absolute atomic E-state index is 11.2. The molecule has 0 aromatic rings. The highest BCUT2D eigenvalue weighted by molar-refractivity contribution is 5.88. The summed E-state index contributed by atoms with van der Waals surface area (Å²) in [5.41, 5.74) is 7.32. The quantitative estimate of drug-likeness (QED) is 0.595. The highest BCUT2D eigenvalue weighted by Gasteiger charge is 2.27. The molecule has 0 aliphatic heterocycles. The van der Waals surface area contributed by atoms with Crippen molar-refractivity contribution < 1.29 is 4.79 Å². The largest absolute Gasteiger partial charge is 0.295 e. The molecule has 2 aliphatic carbocycles. The molecule has 0 amide bonds. The zero-order valence-corrected chi connectivity index (χ0v) is 14.2. The van der Waals surface area contributed by atoms with Crippen molar-refractivity contribution in [3.63, 3.8) is 0 Å². The minimum Gasteiger partial charge on any atom is -0.295 e. The van der Waals surface area contributed by atoms with Gasteiger partial charge < -0.3 is 0 Å². The van der Waals surface area contributed by atoms with Crippen LogP contribution in [0, 0.1) is 5.41 Å². The van der Waals surface area contributed by atoms with Crippen molar-refractivity contribution in [1.29, 1.82) is 0 Å². The lowest BCUT2D eigenvalue weighted by Gasteiger charge is -2.34. The molecule has 0 radical (unpaired) electrons. The summed E-state index contributed by atoms with van der Waals surface area (Å²) in [6.45, 7) is 10.8. The first-order chi connectivity index (χ1) is 9.79. The average Bonchev–Trinajstić information content (AvgIpc) is 2.35. The molecule has 2 aliphatic rings. The van der Waals surface area contributed by atoms with Gasteiger partial charge in [0.25, 0.3) is 0 Å². The monoisotopic (exact) mass is 284 g/mol. The second-order valence-corrected chi connectivity index (χ2v) is 7.26. The van der Waals surface area contributed by atoms with Crippen LogP contribution in [0.5, 0.6) is 0 Å². The van der Waals surface area contributed by atoms with Crippen molar-refractivity contribution in [2.24, 2.45) is 5.41 Å². The molecule has 1 nitrogen and oxygen atoms in total. The molecule has 21 heavy (non-hydrogen) atoms. The first-order valence-corrected chi connectivity index (χ1v) is 8.10. The molecule has 0 aromatic heterocycles. The molecular formula is C20H28O. The predicted octanol–water partition coefficient (Wildman–Crippen LogP) is 5.69. The summed E-state index contributed by atoms with van der Waals surface area (Å²) in [5.74, 6) is 0.147. The maximum atomic E-state index is 11.2. The van der Waals surface area contributed by atoms with Crippen LogP contribution in [-0.4, -0.2) is 5.78 Å². The summed E-state index contributed by atoms with van der Waals surface area (Å²) in [5, 5.41) is 0. The SMILES string of the molecule is CC(=O)/C=C1C=C(C)/C(=C/C2=C(C)CCCC2(C)C)CC\1. The van der Waals surface area contributed by atoms with Gasteiger partial charge in [-0.25, -0.2) is 0 Å². The summed E-state index contributed by atoms with van der Waals surface area (Å²) in [6.07, 6.45) is 12.3. The number of ketones is 1. The molecule has 114 valence electrons. The third kappa shape index (κ3) is 3.84. The summed E-state index contributed by atoms with van der Waals surface area (Å²) >= 11 is 0. The lowest BCUT2D eigenvalue weighted by Crippen LogP contribution is -2.19. The van der Waals surface area contributed by atoms with E-state index in [9.17, 15) is 4.79 Å². The maximum Gasteiger partial charge on any atom is 0.152 e. The second-order valence-electron chi connectivity index (χ2n) is 7.26. The molecule has 0 spiro atoms. The first-order valence-electron chi connectivity index (χ1n) is 8.10. The number of allylic oxidation sites excluding steroid dienone is 8. The van der Waals surface area contributed by atoms with E-state index in [1.165, 1.54) is 41.6 Å². The van der Waals surface area contributed by atoms with Crippen molar-refractivity contribution in [2.45, 2.75) is 66.7 Å². The topological polar surface area (TPSA) is 17.1 Å². The zero-order valence-electron chi connectivity index (χ0n) is 14.2. The number of hydrogen-bond donors (Lipinski definition) is 0. The van der Waals surface area contributed by atoms with Gasteiger partial charge in [-0.1, -0.05) is 31.6 Å². The lowest BCUT2D eigenvalue weighted by molar-refractivity contribution is -0.112. The van der Waals surface area contributed by atoms with Crippen LogP contribution in [0.3, 0.4) is 0 Å². The third-order valence-electron chi connectivity index (χ3n) is 4.84. The molecular weight excluding hydrogens is 256 g/mol. The Morgan fingerprint density at radius 3 is 2.48 bits per heavy atom. The molecule has 0 saturated heterocycles. The van der Waals surface area contributed by atoms with E-state index < -0.39 is 0 Å². The minimum absolute atomic E-state index is 0.147. The highest BCUT2D eigenvalue weighted by atomic mass is 16.1. The average molecular weight is 284 g/mol. The van der Waals surface area contributed by atoms with E-state index in [0.717, 1.165) is 12.8 Å². The van der Waals surface area contributed by atoms with Crippen LogP contribution < -0.4 is 0 Å². The van der Waals surface area contributed by atoms with Crippen molar-refractivity contribution >= 4 is 5.78 Å². The van der Waals surface area contributed by atoms with Gasteiger partial charge in [-0.3, -0.25) is 4.79 Å². The standard InChI is InChI=1S/C20H28O/c1-14-7-6-10-20(4,5)19(14)13-18-9-8-17(11-15(18)2)12-16(3)21/h11-13H,6-10H2,1-5H3/b17-12-,18-13+. The van der Waals surface area contributed by atoms with Gasteiger partial charge >= 0.3 is 0 Å². The van der Waals surface area contributed by atoms with Gasteiger partial charge in [0.2, 0.25) is 0 Å². The van der Waals surface area contributed by atoms with E-state index in [1.807, 2.05) is 0 Å². The second kappa shape index (κ2) is 6.17. The Morgan fingerprint density at radius 2 is 1.90 bits per heavy atom. The molecule has 2 rings (SSSR count). The van der Waals surface area contributed by atoms with Crippen molar-refractivity contribution in [1.82, 2.24) is 0 Å². The Labute approximate surface area is 129 Å². The van der Waals surface area contributed by atoms with Crippen LogP contribution in [0.15, 0.2) is 46.1 Å². The van der Waals surface area contributed by atoms with Crippen LogP contribution in [0.25, 0.3) is 0 Å². The van der Waals surface area contributed by atoms with Gasteiger partial charge in [-0.05, 0) is 86.7 Å². The van der Waals surface area contributed by atoms with Gasteiger partial charge in [0.05, 0.1) is 0 Å². The Balaban J connectivity index is 2.33. The fourth-order valence-corrected chi connectivity index (χ4v) is 3.62. The summed E-state index contributed by atoms with van der Waals surface area (Å²) in [4.78, 5) is 11.2. The van der Waals surface area contributed by atoms with Crippen LogP contribution in [0.1, 0.15) is 66.7 Å². The van der Waals surface area contributed by atoms with Gasteiger partial charge in [0.1, 0.15) is 0 Å². The smallest absolute Gasteiger partial charge is 0.152 e. The summed E-state index contributed by atoms with van der Waals surface area (Å²) < 4.78 is 0. The summed E-state index contributed by atoms with van der Waals surface area (Å²) in [6, 6.07) is 0. The van der Waals surface area contributed by atoms with E-state index >= 15 is 0 Å². The van der Waals surface area contributed by atoms with Gasteiger partial charge in [-0.15, -0.1) is 0 Å². The normalized spacial score (nSPS) is 26.2. The van der Waals surface area contributed by atoms with E-state index in [1.54, 1.807) is 18.6 Å². The molecule has 0 unspecified atom stereocenters. The Hall–Kier alpha value is -1.37. The first kappa shape index (κ1) is 16.0. The zero-order chi connectivity index (χ0) is 15.6. The summed E-state index contributed by atoms with van der Waals surface area (Å²) in [7, 11) is 0. The van der Waals surface area contributed by atoms with Gasteiger partial charge in [-0.2, -0.15) is 0 Å². The van der Waals surface area contributed by atoms with Crippen LogP contribution >= 0.6 is 0 Å². The Bertz CT molecular complexity index is 565. The van der Waals surface area contributed by atoms with Gasteiger partial charge in [0, 0.05) is 0 Å². The molecule has 0 atom stereocenters. The lowest BCUT2D eigenvalue weighted by atomic mass is 9.71. The third-order valence-corrected chi connectivity index (χ3v) is 4.84. The van der Waals surface area contributed by atoms with Gasteiger partial charge in [0.15, 0.2) is 5.78 Å². The fraction of sp³-hybridized carbons (Fsp3) is 0.550. The molecule has 0 heterocycles. The number of carbonyl (C=O) groups excluding carboxylic acids is 1. The van der Waals surface area contributed by atoms with Crippen LogP contribution in [-0.2, 0) is 4.79 Å². The van der Waals surface area contributed by atoms with Crippen LogP contribution in [0.4, 0.5) is 0 Å². The predicted molar refractivity (Wildman–Crippen MR) is 90.2 cm³/mol. The van der Waals surface area contributed by atoms with Crippen molar-refractivity contribution in [2.75, 3.05) is 0 Å². The van der Waals surface area contributed by atoms with E-state index in [2.05, 4.69) is 39.8 Å². The molecule has 0 saturated carbocycles. The highest BCUT2D eigenvalue weighted by Crippen LogP contribution is 2.42. The van der Waals surface area contributed by atoms with E-state index in [-0.39, 0.29) is 5.78 Å². The van der Waals surface area contributed by atoms with E-state index in [4.69, 9.17) is 0 Å². The number of carbonyl (C=O) groups is 1. The molecule has 0 aromatic carbocycles. The molecule has 0 bridgehead atoms.